The zero-order chi connectivity index (χ0) is 12.0. The van der Waals surface area contributed by atoms with Gasteiger partial charge in [-0.15, -0.1) is 0 Å². The van der Waals surface area contributed by atoms with Gasteiger partial charge in [-0.3, -0.25) is 0 Å². The van der Waals surface area contributed by atoms with Gasteiger partial charge in [-0.2, -0.15) is 0 Å². The molecule has 0 bridgehead atoms. The summed E-state index contributed by atoms with van der Waals surface area (Å²) in [4.78, 5) is 0. The fourth-order valence-electron chi connectivity index (χ4n) is 0.948. The molecule has 4 heteroatoms. The first-order valence-electron chi connectivity index (χ1n) is 4.53. The summed E-state index contributed by atoms with van der Waals surface area (Å²) in [6, 6.07) is 10.9. The molecule has 2 rings (SSSR count). The van der Waals surface area contributed by atoms with Gasteiger partial charge < -0.3 is 5.11 Å². The maximum absolute atomic E-state index is 12.1. The van der Waals surface area contributed by atoms with Gasteiger partial charge in [-0.05, 0) is 36.4 Å². The Labute approximate surface area is 93.8 Å². The maximum atomic E-state index is 12.1. The Morgan fingerprint density at radius 1 is 0.875 bits per heavy atom. The van der Waals surface area contributed by atoms with Gasteiger partial charge in [0, 0.05) is 0 Å². The quantitative estimate of drug-likeness (QED) is 0.671. The first-order chi connectivity index (χ1) is 7.58. The zero-order valence-electron chi connectivity index (χ0n) is 8.40. The lowest BCUT2D eigenvalue weighted by Gasteiger charge is -1.87. The fourth-order valence-corrected chi connectivity index (χ4v) is 0.948. The predicted molar refractivity (Wildman–Crippen MR) is 59.9 cm³/mol. The first-order valence-corrected chi connectivity index (χ1v) is 4.53. The van der Waals surface area contributed by atoms with Crippen LogP contribution in [0.2, 0.25) is 0 Å². The van der Waals surface area contributed by atoms with E-state index >= 15 is 0 Å². The molecule has 1 N–H and O–H groups in total. The molecule has 0 saturated heterocycles. The second-order valence-electron chi connectivity index (χ2n) is 3.03. The Balaban J connectivity index is 0.000000160. The second-order valence-corrected chi connectivity index (χ2v) is 3.03. The van der Waals surface area contributed by atoms with E-state index in [9.17, 15) is 8.78 Å². The Kier molecular flexibility index (Phi) is 4.52. The lowest BCUT2D eigenvalue weighted by atomic mass is 9.97. The first kappa shape index (κ1) is 12.2. The summed E-state index contributed by atoms with van der Waals surface area (Å²) in [5.74, 6) is -0.529. The number of phenols is 1. The van der Waals surface area contributed by atoms with Gasteiger partial charge in [0.05, 0.1) is 0 Å². The van der Waals surface area contributed by atoms with Crippen LogP contribution in [0.3, 0.4) is 0 Å². The molecule has 0 aliphatic carbocycles. The number of hydrogen-bond acceptors (Lipinski definition) is 1. The van der Waals surface area contributed by atoms with E-state index in [0.717, 1.165) is 0 Å². The third-order valence-corrected chi connectivity index (χ3v) is 1.68. The van der Waals surface area contributed by atoms with Crippen LogP contribution in [0, 0.1) is 11.6 Å². The van der Waals surface area contributed by atoms with Gasteiger partial charge in [0.15, 0.2) is 0 Å². The molecule has 2 aromatic carbocycles. The standard InChI is InChI=1S/C6H4BF.C6H5FO/c7-5-2-1-3-6(8)4-5;7-5-1-3-6(8)4-2-5/h1-4H;1-4,8H. The van der Waals surface area contributed by atoms with Crippen LogP contribution >= 0.6 is 0 Å². The van der Waals surface area contributed by atoms with Crippen molar-refractivity contribution in [3.05, 3.63) is 60.2 Å². The third kappa shape index (κ3) is 4.60. The average Bonchev–Trinajstić information content (AvgIpc) is 2.23. The molecule has 1 nitrogen and oxygen atoms in total. The van der Waals surface area contributed by atoms with Crippen LogP contribution in [-0.4, -0.2) is 13.0 Å². The van der Waals surface area contributed by atoms with Crippen LogP contribution in [0.1, 0.15) is 0 Å². The van der Waals surface area contributed by atoms with Gasteiger partial charge in [0.1, 0.15) is 25.2 Å². The van der Waals surface area contributed by atoms with Crippen molar-refractivity contribution in [2.75, 3.05) is 0 Å². The lowest BCUT2D eigenvalue weighted by molar-refractivity contribution is 0.473. The predicted octanol–water partition coefficient (Wildman–Crippen LogP) is 2.15. The van der Waals surface area contributed by atoms with Crippen molar-refractivity contribution < 1.29 is 13.9 Å². The minimum absolute atomic E-state index is 0.0893. The number of hydrogen-bond donors (Lipinski definition) is 1. The maximum Gasteiger partial charge on any atom is 0.123 e. The minimum Gasteiger partial charge on any atom is -0.508 e. The molecule has 2 radical (unpaired) electrons. The Bertz CT molecular complexity index is 405. The number of rotatable bonds is 0. The van der Waals surface area contributed by atoms with Crippen LogP contribution in [0.5, 0.6) is 5.75 Å². The number of phenolic OH excluding ortho intramolecular Hbond substituents is 1. The summed E-state index contributed by atoms with van der Waals surface area (Å²) in [7, 11) is 5.22. The molecule has 16 heavy (non-hydrogen) atoms. The molecule has 0 spiro atoms. The van der Waals surface area contributed by atoms with E-state index in [1.54, 1.807) is 12.1 Å². The van der Waals surface area contributed by atoms with E-state index in [0.29, 0.717) is 5.46 Å². The Morgan fingerprint density at radius 2 is 1.50 bits per heavy atom. The Hall–Kier alpha value is -1.84. The molecule has 0 unspecified atom stereocenters. The average molecular weight is 218 g/mol. The molecule has 0 heterocycles. The van der Waals surface area contributed by atoms with Crippen molar-refractivity contribution in [3.8, 4) is 5.75 Å². The summed E-state index contributed by atoms with van der Waals surface area (Å²) < 4.78 is 24.1. The highest BCUT2D eigenvalue weighted by Crippen LogP contribution is 2.06. The molecular weight excluding hydrogens is 209 g/mol. The van der Waals surface area contributed by atoms with E-state index in [1.807, 2.05) is 0 Å². The van der Waals surface area contributed by atoms with Crippen LogP contribution < -0.4 is 5.46 Å². The monoisotopic (exact) mass is 218 g/mol. The molecule has 80 valence electrons. The SMILES string of the molecule is Oc1ccc(F)cc1.[B]c1cccc(F)c1. The smallest absolute Gasteiger partial charge is 0.123 e. The second kappa shape index (κ2) is 5.90. The van der Waals surface area contributed by atoms with Gasteiger partial charge in [0.25, 0.3) is 0 Å². The number of halogens is 2. The van der Waals surface area contributed by atoms with Crippen molar-refractivity contribution in [1.82, 2.24) is 0 Å². The van der Waals surface area contributed by atoms with E-state index in [2.05, 4.69) is 0 Å². The highest BCUT2D eigenvalue weighted by Gasteiger charge is 1.85. The summed E-state index contributed by atoms with van der Waals surface area (Å²) in [5, 5.41) is 8.59. The molecule has 0 aliphatic heterocycles. The van der Waals surface area contributed by atoms with Crippen LogP contribution in [0.25, 0.3) is 0 Å². The lowest BCUT2D eigenvalue weighted by Crippen LogP contribution is -2.00. The zero-order valence-corrected chi connectivity index (χ0v) is 8.40. The minimum atomic E-state index is -0.331. The third-order valence-electron chi connectivity index (χ3n) is 1.68. The number of aromatic hydroxyl groups is 1. The van der Waals surface area contributed by atoms with Crippen LogP contribution in [-0.2, 0) is 0 Å². The molecule has 0 saturated carbocycles. The summed E-state index contributed by atoms with van der Waals surface area (Å²) >= 11 is 0. The summed E-state index contributed by atoms with van der Waals surface area (Å²) in [6.07, 6.45) is 0. The van der Waals surface area contributed by atoms with Crippen molar-refractivity contribution in [2.45, 2.75) is 0 Å². The highest BCUT2D eigenvalue weighted by molar-refractivity contribution is 6.32. The molecule has 2 aromatic rings. The van der Waals surface area contributed by atoms with Gasteiger partial charge in [0.2, 0.25) is 0 Å². The summed E-state index contributed by atoms with van der Waals surface area (Å²) in [5.41, 5.74) is 0.463. The van der Waals surface area contributed by atoms with Crippen molar-refractivity contribution in [2.24, 2.45) is 0 Å². The molecule has 0 aliphatic rings. The molecule has 0 fully saturated rings. The fraction of sp³-hybridized carbons (Fsp3) is 0. The molecular formula is C12H9BF2O. The molecule has 0 aromatic heterocycles. The van der Waals surface area contributed by atoms with E-state index in [-0.39, 0.29) is 17.4 Å². The van der Waals surface area contributed by atoms with Crippen molar-refractivity contribution in [1.29, 1.82) is 0 Å². The number of benzene rings is 2. The molecule has 0 amide bonds. The van der Waals surface area contributed by atoms with Crippen molar-refractivity contribution >= 4 is 13.3 Å². The van der Waals surface area contributed by atoms with Gasteiger partial charge in [-0.25, -0.2) is 8.78 Å². The largest absolute Gasteiger partial charge is 0.508 e. The Morgan fingerprint density at radius 3 is 1.88 bits per heavy atom. The van der Waals surface area contributed by atoms with Crippen LogP contribution in [0.15, 0.2) is 48.5 Å². The highest BCUT2D eigenvalue weighted by atomic mass is 19.1. The van der Waals surface area contributed by atoms with Gasteiger partial charge in [-0.1, -0.05) is 17.6 Å². The summed E-state index contributed by atoms with van der Waals surface area (Å²) in [6.45, 7) is 0. The van der Waals surface area contributed by atoms with Crippen molar-refractivity contribution in [3.63, 3.8) is 0 Å². The van der Waals surface area contributed by atoms with E-state index < -0.39 is 0 Å². The van der Waals surface area contributed by atoms with Crippen LogP contribution in [0.4, 0.5) is 8.78 Å². The molecule has 0 atom stereocenters. The van der Waals surface area contributed by atoms with Gasteiger partial charge >= 0.3 is 0 Å². The topological polar surface area (TPSA) is 20.2 Å². The van der Waals surface area contributed by atoms with E-state index in [4.69, 9.17) is 13.0 Å². The van der Waals surface area contributed by atoms with E-state index in [1.165, 1.54) is 36.4 Å². The normalized spacial score (nSPS) is 9.12.